The molecule has 0 spiro atoms. The van der Waals surface area contributed by atoms with Gasteiger partial charge < -0.3 is 10.1 Å². The number of benzene rings is 3. The SMILES string of the molecule is Cc1ccc(NC(=O)CCC(=O)NN=Cc2ccccc2OCc2ccccc2)c(C)c1. The van der Waals surface area contributed by atoms with Crippen molar-refractivity contribution in [3.8, 4) is 5.75 Å². The number of hydrazone groups is 1. The van der Waals surface area contributed by atoms with Crippen LogP contribution in [0.1, 0.15) is 35.1 Å². The summed E-state index contributed by atoms with van der Waals surface area (Å²) in [6.07, 6.45) is 1.65. The van der Waals surface area contributed by atoms with Crippen molar-refractivity contribution in [3.63, 3.8) is 0 Å². The predicted molar refractivity (Wildman–Crippen MR) is 127 cm³/mol. The molecule has 0 unspecified atom stereocenters. The van der Waals surface area contributed by atoms with Crippen molar-refractivity contribution < 1.29 is 14.3 Å². The smallest absolute Gasteiger partial charge is 0.240 e. The Balaban J connectivity index is 1.46. The fourth-order valence-electron chi connectivity index (χ4n) is 3.08. The van der Waals surface area contributed by atoms with Gasteiger partial charge in [0.1, 0.15) is 12.4 Å². The quantitative estimate of drug-likeness (QED) is 0.380. The highest BCUT2D eigenvalue weighted by Gasteiger charge is 2.08. The van der Waals surface area contributed by atoms with Crippen LogP contribution < -0.4 is 15.5 Å². The average molecular weight is 430 g/mol. The van der Waals surface area contributed by atoms with Crippen LogP contribution in [0.15, 0.2) is 77.9 Å². The maximum absolute atomic E-state index is 12.1. The highest BCUT2D eigenvalue weighted by Crippen LogP contribution is 2.18. The number of nitrogens with one attached hydrogen (secondary N) is 2. The Morgan fingerprint density at radius 3 is 2.41 bits per heavy atom. The molecule has 164 valence electrons. The van der Waals surface area contributed by atoms with Gasteiger partial charge in [0, 0.05) is 24.1 Å². The number of hydrogen-bond acceptors (Lipinski definition) is 4. The first-order chi connectivity index (χ1) is 15.5. The molecule has 0 aliphatic heterocycles. The van der Waals surface area contributed by atoms with E-state index in [1.165, 1.54) is 6.21 Å². The van der Waals surface area contributed by atoms with Crippen molar-refractivity contribution in [1.82, 2.24) is 5.43 Å². The van der Waals surface area contributed by atoms with E-state index in [2.05, 4.69) is 15.8 Å². The molecular formula is C26H27N3O3. The van der Waals surface area contributed by atoms with E-state index in [0.717, 1.165) is 27.9 Å². The van der Waals surface area contributed by atoms with Crippen molar-refractivity contribution in [2.24, 2.45) is 5.10 Å². The lowest BCUT2D eigenvalue weighted by molar-refractivity contribution is -0.124. The average Bonchev–Trinajstić information content (AvgIpc) is 2.79. The Kier molecular flexibility index (Phi) is 8.15. The van der Waals surface area contributed by atoms with Gasteiger partial charge in [0.2, 0.25) is 11.8 Å². The predicted octanol–water partition coefficient (Wildman–Crippen LogP) is 4.75. The third-order valence-electron chi connectivity index (χ3n) is 4.78. The number of carbonyl (C=O) groups excluding carboxylic acids is 2. The zero-order chi connectivity index (χ0) is 22.8. The summed E-state index contributed by atoms with van der Waals surface area (Å²) in [6, 6.07) is 23.1. The minimum atomic E-state index is -0.334. The minimum Gasteiger partial charge on any atom is -0.488 e. The molecular weight excluding hydrogens is 402 g/mol. The van der Waals surface area contributed by atoms with Gasteiger partial charge in [0.25, 0.3) is 0 Å². The van der Waals surface area contributed by atoms with Crippen molar-refractivity contribution >= 4 is 23.7 Å². The van der Waals surface area contributed by atoms with Crippen LogP contribution in [0.2, 0.25) is 0 Å². The van der Waals surface area contributed by atoms with Crippen LogP contribution in [0.3, 0.4) is 0 Å². The maximum atomic E-state index is 12.1. The largest absolute Gasteiger partial charge is 0.488 e. The number of ether oxygens (including phenoxy) is 1. The number of rotatable bonds is 9. The third kappa shape index (κ3) is 7.09. The zero-order valence-corrected chi connectivity index (χ0v) is 18.3. The summed E-state index contributed by atoms with van der Waals surface area (Å²) < 4.78 is 5.88. The maximum Gasteiger partial charge on any atom is 0.240 e. The van der Waals surface area contributed by atoms with E-state index in [4.69, 9.17) is 4.74 Å². The molecule has 0 bridgehead atoms. The molecule has 0 saturated heterocycles. The van der Waals surface area contributed by atoms with E-state index < -0.39 is 0 Å². The summed E-state index contributed by atoms with van der Waals surface area (Å²) in [5.74, 6) is 0.123. The standard InChI is InChI=1S/C26H27N3O3/c1-19-12-13-23(20(2)16-19)28-25(30)14-15-26(31)29-27-17-22-10-6-7-11-24(22)32-18-21-8-4-3-5-9-21/h3-13,16-17H,14-15,18H2,1-2H3,(H,28,30)(H,29,31). The van der Waals surface area contributed by atoms with Gasteiger partial charge in [-0.1, -0.05) is 60.2 Å². The van der Waals surface area contributed by atoms with Crippen LogP contribution in [-0.4, -0.2) is 18.0 Å². The van der Waals surface area contributed by atoms with Gasteiger partial charge in [0.15, 0.2) is 0 Å². The summed E-state index contributed by atoms with van der Waals surface area (Å²) in [5, 5.41) is 6.84. The van der Waals surface area contributed by atoms with Crippen LogP contribution in [0.25, 0.3) is 0 Å². The molecule has 0 atom stereocenters. The summed E-state index contributed by atoms with van der Waals surface area (Å²) >= 11 is 0. The lowest BCUT2D eigenvalue weighted by Gasteiger charge is -2.09. The van der Waals surface area contributed by atoms with E-state index >= 15 is 0 Å². The third-order valence-corrected chi connectivity index (χ3v) is 4.78. The first-order valence-electron chi connectivity index (χ1n) is 10.5. The van der Waals surface area contributed by atoms with Gasteiger partial charge in [-0.25, -0.2) is 5.43 Å². The topological polar surface area (TPSA) is 79.8 Å². The molecule has 3 rings (SSSR count). The summed E-state index contributed by atoms with van der Waals surface area (Å²) in [6.45, 7) is 4.37. The molecule has 0 aliphatic rings. The second-order valence-electron chi connectivity index (χ2n) is 7.47. The van der Waals surface area contributed by atoms with Crippen LogP contribution in [-0.2, 0) is 16.2 Å². The number of aryl methyl sites for hydroxylation is 2. The number of hydrogen-bond donors (Lipinski definition) is 2. The summed E-state index contributed by atoms with van der Waals surface area (Å²) in [7, 11) is 0. The molecule has 3 aromatic rings. The second-order valence-corrected chi connectivity index (χ2v) is 7.47. The fourth-order valence-corrected chi connectivity index (χ4v) is 3.08. The van der Waals surface area contributed by atoms with E-state index in [-0.39, 0.29) is 24.7 Å². The monoisotopic (exact) mass is 429 g/mol. The molecule has 0 heterocycles. The number of nitrogens with zero attached hydrogens (tertiary/aromatic N) is 1. The first-order valence-corrected chi connectivity index (χ1v) is 10.5. The van der Waals surface area contributed by atoms with Crippen LogP contribution in [0.4, 0.5) is 5.69 Å². The lowest BCUT2D eigenvalue weighted by atomic mass is 10.1. The Labute approximate surface area is 188 Å². The highest BCUT2D eigenvalue weighted by molar-refractivity contribution is 5.94. The Morgan fingerprint density at radius 1 is 0.906 bits per heavy atom. The summed E-state index contributed by atoms with van der Waals surface area (Å²) in [5.41, 5.74) is 7.15. The van der Waals surface area contributed by atoms with Gasteiger partial charge in [-0.2, -0.15) is 5.10 Å². The van der Waals surface area contributed by atoms with Crippen LogP contribution >= 0.6 is 0 Å². The molecule has 0 aromatic heterocycles. The van der Waals surface area contributed by atoms with Gasteiger partial charge in [-0.05, 0) is 43.2 Å². The highest BCUT2D eigenvalue weighted by atomic mass is 16.5. The molecule has 6 heteroatoms. The van der Waals surface area contributed by atoms with Crippen molar-refractivity contribution in [1.29, 1.82) is 0 Å². The fraction of sp³-hybridized carbons (Fsp3) is 0.192. The Hall–Kier alpha value is -3.93. The molecule has 2 N–H and O–H groups in total. The van der Waals surface area contributed by atoms with E-state index in [1.807, 2.05) is 86.6 Å². The van der Waals surface area contributed by atoms with E-state index in [1.54, 1.807) is 0 Å². The molecule has 2 amide bonds. The summed E-state index contributed by atoms with van der Waals surface area (Å²) in [4.78, 5) is 24.2. The normalized spacial score (nSPS) is 10.7. The van der Waals surface area contributed by atoms with E-state index in [9.17, 15) is 9.59 Å². The number of amides is 2. The van der Waals surface area contributed by atoms with Crippen LogP contribution in [0.5, 0.6) is 5.75 Å². The van der Waals surface area contributed by atoms with Crippen LogP contribution in [0, 0.1) is 13.8 Å². The minimum absolute atomic E-state index is 0.0419. The van der Waals surface area contributed by atoms with Gasteiger partial charge in [-0.15, -0.1) is 0 Å². The molecule has 32 heavy (non-hydrogen) atoms. The molecule has 0 saturated carbocycles. The number of para-hydroxylation sites is 1. The zero-order valence-electron chi connectivity index (χ0n) is 18.3. The van der Waals surface area contributed by atoms with Gasteiger partial charge in [0.05, 0.1) is 6.21 Å². The molecule has 0 aliphatic carbocycles. The molecule has 0 radical (unpaired) electrons. The van der Waals surface area contributed by atoms with Crippen molar-refractivity contribution in [2.75, 3.05) is 5.32 Å². The Morgan fingerprint density at radius 2 is 1.62 bits per heavy atom. The number of anilines is 1. The molecule has 3 aromatic carbocycles. The number of carbonyl (C=O) groups is 2. The first kappa shape index (κ1) is 22.7. The lowest BCUT2D eigenvalue weighted by Crippen LogP contribution is -2.21. The van der Waals surface area contributed by atoms with Gasteiger partial charge >= 0.3 is 0 Å². The van der Waals surface area contributed by atoms with Gasteiger partial charge in [-0.3, -0.25) is 9.59 Å². The molecule has 6 nitrogen and oxygen atoms in total. The Bertz CT molecular complexity index is 1090. The van der Waals surface area contributed by atoms with Crippen molar-refractivity contribution in [2.45, 2.75) is 33.3 Å². The molecule has 0 fully saturated rings. The van der Waals surface area contributed by atoms with Crippen molar-refractivity contribution in [3.05, 3.63) is 95.1 Å². The van der Waals surface area contributed by atoms with E-state index in [0.29, 0.717) is 12.4 Å². The second kappa shape index (κ2) is 11.5.